The number of fused-ring (bicyclic) bond motifs is 11. The predicted octanol–water partition coefficient (Wildman–Crippen LogP) is 28.0. The van der Waals surface area contributed by atoms with Gasteiger partial charge >= 0.3 is 0 Å². The highest BCUT2D eigenvalue weighted by Gasteiger charge is 2.22. The summed E-state index contributed by atoms with van der Waals surface area (Å²) in [4.78, 5) is 7.12. The highest BCUT2D eigenvalue weighted by Crippen LogP contribution is 2.46. The monoisotopic (exact) mass is 1330 g/mol. The molecule has 20 aromatic rings. The fourth-order valence-electron chi connectivity index (χ4n) is 15.7. The minimum Gasteiger partial charge on any atom is -0.456 e. The lowest BCUT2D eigenvalue weighted by Crippen LogP contribution is -2.10. The minimum absolute atomic E-state index is 0.888. The number of benzene rings is 17. The largest absolute Gasteiger partial charge is 0.456 e. The Morgan fingerprint density at radius 1 is 0.183 bits per heavy atom. The second-order valence-corrected chi connectivity index (χ2v) is 26.8. The van der Waals surface area contributed by atoms with Crippen LogP contribution in [0, 0.1) is 0 Å². The van der Waals surface area contributed by atoms with Gasteiger partial charge in [0, 0.05) is 88.6 Å². The molecule has 0 saturated carbocycles. The molecular weight excluding hydrogens is 1270 g/mol. The van der Waals surface area contributed by atoms with Gasteiger partial charge in [0.1, 0.15) is 22.3 Å². The summed E-state index contributed by atoms with van der Waals surface area (Å²) in [5, 5.41) is 11.7. The third kappa shape index (κ3) is 10.5. The van der Waals surface area contributed by atoms with Crippen molar-refractivity contribution in [3.8, 4) is 50.2 Å². The fraction of sp³-hybridized carbons (Fsp3) is 0. The maximum Gasteiger partial charge on any atom is 0.136 e. The zero-order valence-corrected chi connectivity index (χ0v) is 56.6. The van der Waals surface area contributed by atoms with Crippen LogP contribution in [-0.2, 0) is 0 Å². The topological polar surface area (TPSA) is 40.9 Å². The van der Waals surface area contributed by atoms with Crippen molar-refractivity contribution in [2.75, 3.05) is 14.7 Å². The van der Waals surface area contributed by atoms with Crippen LogP contribution in [0.15, 0.2) is 397 Å². The van der Waals surface area contributed by atoms with Gasteiger partial charge in [0.15, 0.2) is 0 Å². The number of aromatic nitrogens is 1. The number of para-hydroxylation sites is 4. The number of furan rings is 2. The summed E-state index contributed by atoms with van der Waals surface area (Å²) in [7, 11) is 0. The number of nitrogens with zero attached hydrogens (tertiary/aromatic N) is 4. The lowest BCUT2D eigenvalue weighted by Gasteiger charge is -2.27. The molecule has 3 aromatic heterocycles. The highest BCUT2D eigenvalue weighted by atomic mass is 16.3. The average Bonchev–Trinajstić information content (AvgIpc) is 1.60. The highest BCUT2D eigenvalue weighted by molar-refractivity contribution is 6.10. The van der Waals surface area contributed by atoms with E-state index in [4.69, 9.17) is 8.83 Å². The van der Waals surface area contributed by atoms with Crippen LogP contribution in [0.5, 0.6) is 0 Å². The molecule has 0 atom stereocenters. The molecule has 20 rings (SSSR count). The molecule has 488 valence electrons. The van der Waals surface area contributed by atoms with Crippen molar-refractivity contribution in [2.45, 2.75) is 0 Å². The second kappa shape index (κ2) is 25.0. The molecule has 0 amide bonds. The maximum absolute atomic E-state index is 6.31. The van der Waals surface area contributed by atoms with Gasteiger partial charge in [-0.15, -0.1) is 0 Å². The van der Waals surface area contributed by atoms with Crippen molar-refractivity contribution in [1.29, 1.82) is 0 Å². The van der Waals surface area contributed by atoms with Gasteiger partial charge in [-0.3, -0.25) is 0 Å². The molecule has 0 aliphatic carbocycles. The third-order valence-corrected chi connectivity index (χ3v) is 20.8. The molecule has 6 heteroatoms. The molecule has 0 bridgehead atoms. The van der Waals surface area contributed by atoms with Crippen LogP contribution < -0.4 is 14.7 Å². The zero-order valence-electron chi connectivity index (χ0n) is 56.6. The number of hydrogen-bond acceptors (Lipinski definition) is 5. The summed E-state index contributed by atoms with van der Waals surface area (Å²) in [6.07, 6.45) is 0. The van der Waals surface area contributed by atoms with E-state index in [9.17, 15) is 0 Å². The van der Waals surface area contributed by atoms with Gasteiger partial charge in [-0.05, 0) is 213 Å². The molecule has 0 radical (unpaired) electrons. The van der Waals surface area contributed by atoms with Crippen LogP contribution >= 0.6 is 0 Å². The van der Waals surface area contributed by atoms with Crippen molar-refractivity contribution < 1.29 is 8.83 Å². The molecule has 0 fully saturated rings. The number of hydrogen-bond donors (Lipinski definition) is 0. The van der Waals surface area contributed by atoms with Gasteiger partial charge in [0.25, 0.3) is 0 Å². The first-order valence-electron chi connectivity index (χ1n) is 35.4. The molecule has 0 unspecified atom stereocenters. The van der Waals surface area contributed by atoms with Crippen molar-refractivity contribution in [3.05, 3.63) is 388 Å². The summed E-state index contributed by atoms with van der Waals surface area (Å²) in [6, 6.07) is 140. The summed E-state index contributed by atoms with van der Waals surface area (Å²) in [5.74, 6) is 0. The van der Waals surface area contributed by atoms with Crippen molar-refractivity contribution in [3.63, 3.8) is 0 Å². The summed E-state index contributed by atoms with van der Waals surface area (Å²) < 4.78 is 15.0. The minimum atomic E-state index is 0.888. The van der Waals surface area contributed by atoms with E-state index in [1.807, 2.05) is 24.3 Å². The first kappa shape index (κ1) is 60.1. The van der Waals surface area contributed by atoms with E-state index >= 15 is 0 Å². The Kier molecular flexibility index (Phi) is 14.5. The molecule has 104 heavy (non-hydrogen) atoms. The first-order chi connectivity index (χ1) is 51.5. The Balaban J connectivity index is 0.622. The molecule has 6 nitrogen and oxygen atoms in total. The van der Waals surface area contributed by atoms with Crippen LogP contribution in [0.1, 0.15) is 0 Å². The first-order valence-corrected chi connectivity index (χ1v) is 35.4. The average molecular weight is 1330 g/mol. The van der Waals surface area contributed by atoms with Crippen LogP contribution in [-0.4, -0.2) is 4.57 Å². The Morgan fingerprint density at radius 2 is 0.452 bits per heavy atom. The fourth-order valence-corrected chi connectivity index (χ4v) is 15.7. The van der Waals surface area contributed by atoms with Crippen LogP contribution in [0.3, 0.4) is 0 Å². The molecule has 0 aliphatic rings. The number of anilines is 9. The normalized spacial score (nSPS) is 11.7. The van der Waals surface area contributed by atoms with E-state index in [0.717, 1.165) is 145 Å². The number of rotatable bonds is 14. The Bertz CT molecular complexity index is 6240. The van der Waals surface area contributed by atoms with Gasteiger partial charge in [0.2, 0.25) is 0 Å². The Morgan fingerprint density at radius 3 is 0.827 bits per heavy atom. The molecule has 0 spiro atoms. The van der Waals surface area contributed by atoms with Crippen LogP contribution in [0.4, 0.5) is 51.2 Å². The molecule has 0 N–H and O–H groups in total. The maximum atomic E-state index is 6.31. The van der Waals surface area contributed by atoms with Crippen molar-refractivity contribution in [2.24, 2.45) is 0 Å². The van der Waals surface area contributed by atoms with Crippen LogP contribution in [0.2, 0.25) is 0 Å². The quantitative estimate of drug-likeness (QED) is 0.109. The van der Waals surface area contributed by atoms with E-state index in [1.54, 1.807) is 0 Å². The van der Waals surface area contributed by atoms with E-state index in [1.165, 1.54) is 43.4 Å². The smallest absolute Gasteiger partial charge is 0.136 e. The second-order valence-electron chi connectivity index (χ2n) is 26.8. The summed E-state index contributed by atoms with van der Waals surface area (Å²) in [6.45, 7) is 0. The van der Waals surface area contributed by atoms with Gasteiger partial charge in [-0.2, -0.15) is 0 Å². The van der Waals surface area contributed by atoms with Gasteiger partial charge < -0.3 is 28.1 Å². The summed E-state index contributed by atoms with van der Waals surface area (Å²) >= 11 is 0. The van der Waals surface area contributed by atoms with E-state index in [2.05, 4.69) is 383 Å². The Hall–Kier alpha value is -13.9. The van der Waals surface area contributed by atoms with Crippen molar-refractivity contribution in [1.82, 2.24) is 4.57 Å². The summed E-state index contributed by atoms with van der Waals surface area (Å²) in [5.41, 5.74) is 25.6. The van der Waals surface area contributed by atoms with Gasteiger partial charge in [-0.1, -0.05) is 231 Å². The third-order valence-electron chi connectivity index (χ3n) is 20.8. The van der Waals surface area contributed by atoms with E-state index < -0.39 is 0 Å². The van der Waals surface area contributed by atoms with Gasteiger partial charge in [0.05, 0.1) is 22.4 Å². The predicted molar refractivity (Wildman–Crippen MR) is 436 cm³/mol. The zero-order chi connectivity index (χ0) is 68.6. The standard InChI is InChI=1S/C98H64N4O2/c1-3-19-83-71(15-1)17-13-27-91(83)100(80-53-39-69(40-54-80)73-43-61-89-87-23-7-11-29-95(87)103-97(89)63-73)78-49-35-67(36-50-78)65-31-45-75(46-32-65)99(77-57-59-82(60-58-77)102-93-25-9-5-21-85(93)86-22-6-10-26-94(86)102)76-47-33-66(34-48-76)68-37-51-79(52-38-68)101(92-28-14-18-72-16-2-4-20-84(72)92)81-55-41-70(42-56-81)74-44-62-90-88-24-8-12-30-96(88)104-98(90)64-74/h1-64H. The molecule has 0 saturated heterocycles. The Labute approximate surface area is 601 Å². The van der Waals surface area contributed by atoms with Crippen molar-refractivity contribution >= 4 is 138 Å². The molecular formula is C98H64N4O2. The SMILES string of the molecule is c1ccc2c(N(c3ccc(-c4ccc(N(c5ccc(-c6ccc(N(c7ccc(-c8ccc9c(c8)oc8ccccc89)cc7)c7cccc8ccccc78)cc6)cc5)c5ccc(-n6c7ccccc7c7ccccc76)cc5)cc4)cc3)c3ccc(-c4ccc5c(c4)oc4ccccc45)cc3)cccc2c1. The molecule has 3 heterocycles. The van der Waals surface area contributed by atoms with Gasteiger partial charge in [-0.25, -0.2) is 0 Å². The van der Waals surface area contributed by atoms with E-state index in [-0.39, 0.29) is 0 Å². The lowest BCUT2D eigenvalue weighted by molar-refractivity contribution is 0.668. The molecule has 0 aliphatic heterocycles. The van der Waals surface area contributed by atoms with E-state index in [0.29, 0.717) is 0 Å². The lowest BCUT2D eigenvalue weighted by atomic mass is 10.0. The van der Waals surface area contributed by atoms with Crippen LogP contribution in [0.25, 0.3) is 137 Å². The molecule has 17 aromatic carbocycles.